The molecule has 0 aliphatic carbocycles. The van der Waals surface area contributed by atoms with Crippen molar-refractivity contribution < 1.29 is 18.7 Å². The van der Waals surface area contributed by atoms with Crippen LogP contribution in [0, 0.1) is 0 Å². The molecule has 0 unspecified atom stereocenters. The maximum atomic E-state index is 13.6. The predicted octanol–water partition coefficient (Wildman–Crippen LogP) is 2.44. The highest BCUT2D eigenvalue weighted by Crippen LogP contribution is 2.32. The number of carbonyl (C=O) groups excluding carboxylic acids is 2. The molecule has 3 aliphatic heterocycles. The summed E-state index contributed by atoms with van der Waals surface area (Å²) in [4.78, 5) is 40.7. The van der Waals surface area contributed by atoms with Crippen LogP contribution in [0.1, 0.15) is 31.5 Å². The molecule has 2 N–H and O–H groups in total. The van der Waals surface area contributed by atoms with Gasteiger partial charge in [0.1, 0.15) is 12.0 Å². The second-order valence-corrected chi connectivity index (χ2v) is 10.2. The van der Waals surface area contributed by atoms with Crippen LogP contribution in [-0.2, 0) is 22.5 Å². The molecule has 204 valence electrons. The lowest BCUT2D eigenvalue weighted by molar-refractivity contribution is -0.131. The third-order valence-electron chi connectivity index (χ3n) is 7.34. The molecule has 3 amide bonds. The lowest BCUT2D eigenvalue weighted by Crippen LogP contribution is -2.46. The molecule has 2 saturated heterocycles. The Hall–Kier alpha value is -3.31. The normalized spacial score (nSPS) is 21.8. The van der Waals surface area contributed by atoms with Crippen LogP contribution < -0.4 is 15.5 Å². The van der Waals surface area contributed by atoms with Crippen molar-refractivity contribution in [3.8, 4) is 11.4 Å². The van der Waals surface area contributed by atoms with E-state index in [9.17, 15) is 14.0 Å². The summed E-state index contributed by atoms with van der Waals surface area (Å²) in [6, 6.07) is 7.41. The van der Waals surface area contributed by atoms with Gasteiger partial charge in [-0.2, -0.15) is 0 Å². The zero-order valence-corrected chi connectivity index (χ0v) is 22.1. The van der Waals surface area contributed by atoms with Crippen LogP contribution in [-0.4, -0.2) is 96.4 Å². The highest BCUT2D eigenvalue weighted by atomic mass is 19.1. The van der Waals surface area contributed by atoms with Gasteiger partial charge in [0.15, 0.2) is 5.82 Å². The number of morpholine rings is 1. The molecular weight excluding hydrogens is 489 g/mol. The Balaban J connectivity index is 1.40. The van der Waals surface area contributed by atoms with Crippen LogP contribution in [0.25, 0.3) is 11.4 Å². The van der Waals surface area contributed by atoms with Crippen LogP contribution in [0.2, 0.25) is 0 Å². The van der Waals surface area contributed by atoms with Gasteiger partial charge in [-0.15, -0.1) is 0 Å². The fraction of sp³-hybridized carbons (Fsp3) is 0.556. The second-order valence-electron chi connectivity index (χ2n) is 10.2. The van der Waals surface area contributed by atoms with Crippen molar-refractivity contribution in [3.63, 3.8) is 0 Å². The van der Waals surface area contributed by atoms with E-state index in [1.165, 1.54) is 0 Å². The molecular formula is C27H36FN7O3. The van der Waals surface area contributed by atoms with E-state index in [2.05, 4.69) is 27.4 Å². The molecule has 2 atom stereocenters. The number of carbonyl (C=O) groups is 2. The molecule has 0 bridgehead atoms. The van der Waals surface area contributed by atoms with Crippen molar-refractivity contribution in [3.05, 3.63) is 35.5 Å². The van der Waals surface area contributed by atoms with Gasteiger partial charge in [-0.25, -0.2) is 19.2 Å². The highest BCUT2D eigenvalue weighted by Gasteiger charge is 2.31. The Bertz CT molecular complexity index is 1160. The molecule has 2 fully saturated rings. The minimum atomic E-state index is -0.919. The summed E-state index contributed by atoms with van der Waals surface area (Å²) in [5, 5.41) is 5.53. The first-order chi connectivity index (χ1) is 18.4. The quantitative estimate of drug-likeness (QED) is 0.597. The van der Waals surface area contributed by atoms with Gasteiger partial charge in [0.25, 0.3) is 0 Å². The zero-order valence-electron chi connectivity index (χ0n) is 22.1. The third-order valence-corrected chi connectivity index (χ3v) is 7.34. The summed E-state index contributed by atoms with van der Waals surface area (Å²) in [5.74, 6) is 1.51. The number of aromatic nitrogens is 2. The average Bonchev–Trinajstić information content (AvgIpc) is 3.35. The second kappa shape index (κ2) is 11.6. The van der Waals surface area contributed by atoms with Crippen LogP contribution in [0.15, 0.2) is 24.3 Å². The molecule has 10 nitrogen and oxygen atoms in total. The summed E-state index contributed by atoms with van der Waals surface area (Å²) < 4.78 is 19.3. The SMILES string of the molecule is CCNC(=O)Nc1ccc(-c2nc3c(c(N4CCOC[C@@H]4C)n2)CCN(CC(=O)N2CC[C@@H](F)C2)C3)cc1. The van der Waals surface area contributed by atoms with Crippen molar-refractivity contribution in [1.82, 2.24) is 25.1 Å². The van der Waals surface area contributed by atoms with Crippen molar-refractivity contribution in [1.29, 1.82) is 0 Å². The molecule has 1 aromatic heterocycles. The number of fused-ring (bicyclic) bond motifs is 1. The number of hydrogen-bond acceptors (Lipinski definition) is 7. The van der Waals surface area contributed by atoms with E-state index in [0.717, 1.165) is 42.1 Å². The van der Waals surface area contributed by atoms with Gasteiger partial charge in [-0.3, -0.25) is 9.69 Å². The molecule has 0 saturated carbocycles. The van der Waals surface area contributed by atoms with E-state index >= 15 is 0 Å². The predicted molar refractivity (Wildman–Crippen MR) is 143 cm³/mol. The van der Waals surface area contributed by atoms with Gasteiger partial charge < -0.3 is 25.2 Å². The standard InChI is InChI=1S/C27H36FN7O3/c1-3-29-27(37)30-21-6-4-19(5-7-21)25-31-23-15-33(16-24(36)34-11-8-20(28)14-34)10-9-22(23)26(32-25)35-12-13-38-17-18(35)2/h4-7,18,20H,3,8-17H2,1-2H3,(H2,29,30,37)/t18-,20+/m0/s1. The van der Waals surface area contributed by atoms with E-state index in [0.29, 0.717) is 50.8 Å². The van der Waals surface area contributed by atoms with Crippen molar-refractivity contribution in [2.45, 2.75) is 45.4 Å². The van der Waals surface area contributed by atoms with Crippen LogP contribution in [0.5, 0.6) is 0 Å². The van der Waals surface area contributed by atoms with Gasteiger partial charge in [0, 0.05) is 49.5 Å². The number of alkyl halides is 1. The largest absolute Gasteiger partial charge is 0.377 e. The maximum absolute atomic E-state index is 13.6. The Kier molecular flexibility index (Phi) is 8.04. The number of likely N-dealkylation sites (tertiary alicyclic amines) is 1. The summed E-state index contributed by atoms with van der Waals surface area (Å²) >= 11 is 0. The molecule has 0 spiro atoms. The highest BCUT2D eigenvalue weighted by molar-refractivity contribution is 5.89. The Morgan fingerprint density at radius 3 is 2.68 bits per heavy atom. The summed E-state index contributed by atoms with van der Waals surface area (Å²) in [5.41, 5.74) is 3.56. The van der Waals surface area contributed by atoms with Crippen LogP contribution in [0.3, 0.4) is 0 Å². The number of halogens is 1. The molecule has 5 rings (SSSR count). The first-order valence-electron chi connectivity index (χ1n) is 13.4. The minimum Gasteiger partial charge on any atom is -0.377 e. The third kappa shape index (κ3) is 5.88. The maximum Gasteiger partial charge on any atom is 0.319 e. The smallest absolute Gasteiger partial charge is 0.319 e. The molecule has 38 heavy (non-hydrogen) atoms. The van der Waals surface area contributed by atoms with Gasteiger partial charge in [-0.1, -0.05) is 0 Å². The van der Waals surface area contributed by atoms with Gasteiger partial charge >= 0.3 is 6.03 Å². The fourth-order valence-corrected chi connectivity index (χ4v) is 5.28. The fourth-order valence-electron chi connectivity index (χ4n) is 5.28. The molecule has 4 heterocycles. The average molecular weight is 526 g/mol. The Labute approximate surface area is 222 Å². The first-order valence-corrected chi connectivity index (χ1v) is 13.4. The van der Waals surface area contributed by atoms with Crippen molar-refractivity contribution >= 4 is 23.4 Å². The number of rotatable bonds is 6. The number of anilines is 2. The van der Waals surface area contributed by atoms with E-state index < -0.39 is 6.17 Å². The van der Waals surface area contributed by atoms with E-state index in [1.807, 2.05) is 31.2 Å². The first kappa shape index (κ1) is 26.3. The molecule has 11 heteroatoms. The van der Waals surface area contributed by atoms with E-state index in [-0.39, 0.29) is 31.1 Å². The molecule has 3 aliphatic rings. The topological polar surface area (TPSA) is 103 Å². The van der Waals surface area contributed by atoms with E-state index in [1.54, 1.807) is 4.90 Å². The molecule has 0 radical (unpaired) electrons. The summed E-state index contributed by atoms with van der Waals surface area (Å²) in [6.45, 7) is 8.78. The van der Waals surface area contributed by atoms with Crippen LogP contribution in [0.4, 0.5) is 20.7 Å². The Morgan fingerprint density at radius 2 is 1.97 bits per heavy atom. The number of amides is 3. The van der Waals surface area contributed by atoms with Gasteiger partial charge in [-0.05, 0) is 51.0 Å². The number of benzene rings is 1. The number of nitrogens with zero attached hydrogens (tertiary/aromatic N) is 5. The number of hydrogen-bond donors (Lipinski definition) is 2. The summed E-state index contributed by atoms with van der Waals surface area (Å²) in [6.07, 6.45) is 0.241. The van der Waals surface area contributed by atoms with Crippen LogP contribution >= 0.6 is 0 Å². The lowest BCUT2D eigenvalue weighted by atomic mass is 10.0. The van der Waals surface area contributed by atoms with E-state index in [4.69, 9.17) is 14.7 Å². The van der Waals surface area contributed by atoms with Gasteiger partial charge in [0.2, 0.25) is 5.91 Å². The zero-order chi connectivity index (χ0) is 26.6. The monoisotopic (exact) mass is 525 g/mol. The van der Waals surface area contributed by atoms with Crippen molar-refractivity contribution in [2.75, 3.05) is 62.7 Å². The summed E-state index contributed by atoms with van der Waals surface area (Å²) in [7, 11) is 0. The van der Waals surface area contributed by atoms with Crippen molar-refractivity contribution in [2.24, 2.45) is 0 Å². The number of urea groups is 1. The minimum absolute atomic E-state index is 0.0277. The Morgan fingerprint density at radius 1 is 1.16 bits per heavy atom. The number of ether oxygens (including phenoxy) is 1. The molecule has 1 aromatic carbocycles. The van der Waals surface area contributed by atoms with Gasteiger partial charge in [0.05, 0.1) is 38.0 Å². The number of nitrogens with one attached hydrogen (secondary N) is 2. The lowest BCUT2D eigenvalue weighted by Gasteiger charge is -2.38. The molecule has 2 aromatic rings.